The van der Waals surface area contributed by atoms with Crippen molar-refractivity contribution >= 4 is 21.6 Å². The van der Waals surface area contributed by atoms with E-state index < -0.39 is 34.2 Å². The number of ether oxygens (including phenoxy) is 2. The Bertz CT molecular complexity index is 1430. The minimum Gasteiger partial charge on any atom is -0.454 e. The number of hydrogen-bond acceptors (Lipinski definition) is 7. The summed E-state index contributed by atoms with van der Waals surface area (Å²) >= 11 is 0. The van der Waals surface area contributed by atoms with Crippen LogP contribution in [-0.2, 0) is 20.2 Å². The highest BCUT2D eigenvalue weighted by atomic mass is 32.2. The van der Waals surface area contributed by atoms with Crippen molar-refractivity contribution in [2.75, 3.05) is 25.3 Å². The molecule has 0 radical (unpaired) electrons. The number of carbonyl (C=O) groups excluding carboxylic acids is 1. The van der Waals surface area contributed by atoms with E-state index in [0.29, 0.717) is 17.2 Å². The number of aliphatic hydroxyl groups is 2. The minimum absolute atomic E-state index is 0.00762. The van der Waals surface area contributed by atoms with Gasteiger partial charge in [0.15, 0.2) is 11.5 Å². The molecule has 1 saturated carbocycles. The molecule has 2 aliphatic rings. The highest BCUT2D eigenvalue weighted by molar-refractivity contribution is 7.89. The fourth-order valence-corrected chi connectivity index (χ4v) is 5.71. The molecule has 0 aromatic heterocycles. The van der Waals surface area contributed by atoms with E-state index in [1.165, 1.54) is 19.1 Å². The first-order valence-corrected chi connectivity index (χ1v) is 13.3. The lowest BCUT2D eigenvalue weighted by molar-refractivity contribution is -0.118. The van der Waals surface area contributed by atoms with Crippen molar-refractivity contribution in [3.8, 4) is 22.6 Å². The summed E-state index contributed by atoms with van der Waals surface area (Å²) in [4.78, 5) is 13.3. The number of carbonyl (C=O) groups is 1. The summed E-state index contributed by atoms with van der Waals surface area (Å²) in [6.45, 7) is 0.500. The van der Waals surface area contributed by atoms with Crippen molar-refractivity contribution in [2.45, 2.75) is 35.6 Å². The van der Waals surface area contributed by atoms with Crippen LogP contribution in [0, 0.1) is 0 Å². The van der Waals surface area contributed by atoms with E-state index in [-0.39, 0.29) is 17.6 Å². The zero-order valence-electron chi connectivity index (χ0n) is 20.2. The van der Waals surface area contributed by atoms with Gasteiger partial charge in [-0.1, -0.05) is 30.3 Å². The summed E-state index contributed by atoms with van der Waals surface area (Å²) in [6.07, 6.45) is 1.49. The lowest BCUT2D eigenvalue weighted by Crippen LogP contribution is -2.51. The summed E-state index contributed by atoms with van der Waals surface area (Å²) in [5.41, 5.74) is 1.13. The molecule has 5 rings (SSSR count). The van der Waals surface area contributed by atoms with Gasteiger partial charge in [-0.15, -0.1) is 0 Å². The van der Waals surface area contributed by atoms with Crippen LogP contribution in [-0.4, -0.2) is 50.1 Å². The largest absolute Gasteiger partial charge is 0.454 e. The zero-order valence-corrected chi connectivity index (χ0v) is 21.0. The molecule has 3 aromatic carbocycles. The molecule has 1 amide bonds. The summed E-state index contributed by atoms with van der Waals surface area (Å²) in [6, 6.07) is 19.2. The Labute approximate surface area is 215 Å². The number of aliphatic hydroxyl groups excluding tert-OH is 2. The minimum atomic E-state index is -3.95. The zero-order chi connectivity index (χ0) is 26.3. The molecule has 0 saturated heterocycles. The van der Waals surface area contributed by atoms with Crippen LogP contribution in [0.5, 0.6) is 11.5 Å². The second-order valence-electron chi connectivity index (χ2n) is 9.69. The first-order chi connectivity index (χ1) is 17.7. The number of benzene rings is 3. The van der Waals surface area contributed by atoms with Crippen molar-refractivity contribution in [3.63, 3.8) is 0 Å². The summed E-state index contributed by atoms with van der Waals surface area (Å²) in [5.74, 6) is 1.24. The molecule has 0 spiro atoms. The number of fused-ring (bicyclic) bond motifs is 1. The quantitative estimate of drug-likeness (QED) is 0.338. The van der Waals surface area contributed by atoms with Crippen LogP contribution < -0.4 is 19.5 Å². The van der Waals surface area contributed by atoms with E-state index >= 15 is 0 Å². The Morgan fingerprint density at radius 3 is 2.32 bits per heavy atom. The molecule has 194 valence electrons. The molecule has 0 bridgehead atoms. The molecule has 1 heterocycles. The van der Waals surface area contributed by atoms with Crippen LogP contribution in [0.1, 0.15) is 25.3 Å². The van der Waals surface area contributed by atoms with Crippen molar-refractivity contribution < 1.29 is 32.9 Å². The second-order valence-corrected chi connectivity index (χ2v) is 11.4. The highest BCUT2D eigenvalue weighted by Gasteiger charge is 2.51. The number of nitrogens with one attached hydrogen (secondary N) is 2. The van der Waals surface area contributed by atoms with E-state index in [0.717, 1.165) is 29.5 Å². The van der Waals surface area contributed by atoms with Crippen LogP contribution >= 0.6 is 0 Å². The van der Waals surface area contributed by atoms with E-state index in [1.54, 1.807) is 12.1 Å². The predicted molar refractivity (Wildman–Crippen MR) is 137 cm³/mol. The van der Waals surface area contributed by atoms with Gasteiger partial charge in [0.1, 0.15) is 0 Å². The topological polar surface area (TPSA) is 134 Å². The number of hydrogen-bond donors (Lipinski definition) is 4. The Morgan fingerprint density at radius 1 is 0.946 bits per heavy atom. The smallest absolute Gasteiger partial charge is 0.241 e. The molecule has 3 aromatic rings. The third-order valence-corrected chi connectivity index (χ3v) is 8.46. The Morgan fingerprint density at radius 2 is 1.65 bits per heavy atom. The number of anilines is 1. The molecule has 0 unspecified atom stereocenters. The monoisotopic (exact) mass is 524 g/mol. The van der Waals surface area contributed by atoms with Crippen LogP contribution in [0.25, 0.3) is 11.1 Å². The van der Waals surface area contributed by atoms with Crippen LogP contribution in [0.2, 0.25) is 0 Å². The lowest BCUT2D eigenvalue weighted by Gasteiger charge is -2.25. The van der Waals surface area contributed by atoms with Gasteiger partial charge >= 0.3 is 0 Å². The highest BCUT2D eigenvalue weighted by Crippen LogP contribution is 2.51. The fourth-order valence-electron chi connectivity index (χ4n) is 4.32. The molecule has 10 heteroatoms. The third-order valence-electron chi connectivity index (χ3n) is 6.81. The first kappa shape index (κ1) is 25.2. The number of amides is 1. The van der Waals surface area contributed by atoms with Crippen molar-refractivity contribution in [3.05, 3.63) is 72.3 Å². The lowest BCUT2D eigenvalue weighted by atomic mass is 9.94. The van der Waals surface area contributed by atoms with Gasteiger partial charge in [-0.05, 0) is 72.9 Å². The Hall–Kier alpha value is -3.44. The summed E-state index contributed by atoms with van der Waals surface area (Å²) < 4.78 is 38.5. The maximum atomic E-state index is 13.3. The average molecular weight is 525 g/mol. The SMILES string of the molecule is CC(CO)(CO)NS(=O)(=O)c1ccc(-c2cccc(NC(=O)C3(c4ccc5c(c4)OCO5)CC3)c2)cc1. The maximum absolute atomic E-state index is 13.3. The van der Waals surface area contributed by atoms with Crippen molar-refractivity contribution in [1.82, 2.24) is 4.72 Å². The van der Waals surface area contributed by atoms with Gasteiger partial charge in [0, 0.05) is 5.69 Å². The van der Waals surface area contributed by atoms with Gasteiger partial charge in [0.25, 0.3) is 0 Å². The molecule has 9 nitrogen and oxygen atoms in total. The van der Waals surface area contributed by atoms with E-state index in [1.807, 2.05) is 42.5 Å². The van der Waals surface area contributed by atoms with E-state index in [9.17, 15) is 23.4 Å². The van der Waals surface area contributed by atoms with Crippen molar-refractivity contribution in [1.29, 1.82) is 0 Å². The predicted octanol–water partition coefficient (Wildman–Crippen LogP) is 2.77. The molecular weight excluding hydrogens is 496 g/mol. The fraction of sp³-hybridized carbons (Fsp3) is 0.296. The molecule has 1 aliphatic heterocycles. The van der Waals surface area contributed by atoms with Gasteiger partial charge in [0.05, 0.1) is 29.1 Å². The van der Waals surface area contributed by atoms with Crippen LogP contribution in [0.4, 0.5) is 5.69 Å². The molecule has 0 atom stereocenters. The normalized spacial score (nSPS) is 15.9. The summed E-state index contributed by atoms with van der Waals surface area (Å²) in [5, 5.41) is 21.8. The molecular formula is C27H28N2O7S. The number of sulfonamides is 1. The van der Waals surface area contributed by atoms with Crippen molar-refractivity contribution in [2.24, 2.45) is 0 Å². The average Bonchev–Trinajstić information content (AvgIpc) is 3.59. The van der Waals surface area contributed by atoms with Crippen LogP contribution in [0.3, 0.4) is 0 Å². The standard InChI is InChI=1S/C27H28N2O7S/c1-26(15-30,16-31)29-37(33,34)22-8-5-18(6-9-22)19-3-2-4-21(13-19)28-25(32)27(11-12-27)20-7-10-23-24(14-20)36-17-35-23/h2-10,13-14,29-31H,11-12,15-17H2,1H3,(H,28,32). The van der Waals surface area contributed by atoms with Gasteiger partial charge in [-0.25, -0.2) is 13.1 Å². The van der Waals surface area contributed by atoms with Crippen LogP contribution in [0.15, 0.2) is 71.6 Å². The molecule has 4 N–H and O–H groups in total. The van der Waals surface area contributed by atoms with E-state index in [4.69, 9.17) is 9.47 Å². The first-order valence-electron chi connectivity index (χ1n) is 11.9. The van der Waals surface area contributed by atoms with E-state index in [2.05, 4.69) is 10.0 Å². The maximum Gasteiger partial charge on any atom is 0.241 e. The van der Waals surface area contributed by atoms with Gasteiger partial charge in [0.2, 0.25) is 22.7 Å². The van der Waals surface area contributed by atoms with Gasteiger partial charge in [-0.3, -0.25) is 4.79 Å². The molecule has 1 aliphatic carbocycles. The van der Waals surface area contributed by atoms with Gasteiger partial charge < -0.3 is 25.0 Å². The third kappa shape index (κ3) is 4.93. The Balaban J connectivity index is 1.31. The second kappa shape index (κ2) is 9.46. The number of rotatable bonds is 9. The van der Waals surface area contributed by atoms with Gasteiger partial charge in [-0.2, -0.15) is 0 Å². The Kier molecular flexibility index (Phi) is 6.45. The summed E-state index contributed by atoms with van der Waals surface area (Å²) in [7, 11) is -3.95. The molecule has 37 heavy (non-hydrogen) atoms. The molecule has 1 fully saturated rings.